The van der Waals surface area contributed by atoms with Crippen LogP contribution in [0.3, 0.4) is 0 Å². The average Bonchev–Trinajstić information content (AvgIpc) is 2.25. The van der Waals surface area contributed by atoms with E-state index in [9.17, 15) is 18.0 Å². The Hall–Kier alpha value is -1.49. The van der Waals surface area contributed by atoms with Crippen LogP contribution < -0.4 is 5.32 Å². The van der Waals surface area contributed by atoms with Gasteiger partial charge in [-0.25, -0.2) is 10.1 Å². The predicted molar refractivity (Wildman–Crippen MR) is 64.6 cm³/mol. The van der Waals surface area contributed by atoms with Crippen LogP contribution in [0, 0.1) is 11.3 Å². The Kier molecular flexibility index (Phi) is 4.54. The molecule has 1 rings (SSSR count). The molecule has 1 amide bonds. The third-order valence-corrected chi connectivity index (χ3v) is 2.86. The summed E-state index contributed by atoms with van der Waals surface area (Å²) >= 11 is 0. The number of nitriles is 1. The number of nitrogens with zero attached hydrogens (tertiary/aromatic N) is 2. The van der Waals surface area contributed by atoms with Crippen molar-refractivity contribution in [3.63, 3.8) is 0 Å². The molecule has 0 bridgehead atoms. The molecule has 1 N–H and O–H groups in total. The summed E-state index contributed by atoms with van der Waals surface area (Å²) in [6, 6.07) is 1.67. The highest BCUT2D eigenvalue weighted by atomic mass is 19.4. The molecule has 0 saturated carbocycles. The Morgan fingerprint density at radius 2 is 1.80 bits per heavy atom. The molecule has 5 nitrogen and oxygen atoms in total. The number of nitrogens with one attached hydrogen (secondary N) is 1. The van der Waals surface area contributed by atoms with Crippen LogP contribution in [0.25, 0.3) is 0 Å². The monoisotopic (exact) mass is 293 g/mol. The summed E-state index contributed by atoms with van der Waals surface area (Å²) in [5.74, 6) is 0. The largest absolute Gasteiger partial charge is 0.458 e. The molecule has 1 aliphatic rings. The minimum absolute atomic E-state index is 0.0472. The van der Waals surface area contributed by atoms with Crippen molar-refractivity contribution in [2.24, 2.45) is 0 Å². The number of rotatable bonds is 1. The Bertz CT molecular complexity index is 402. The van der Waals surface area contributed by atoms with Gasteiger partial charge in [0, 0.05) is 13.1 Å². The lowest BCUT2D eigenvalue weighted by molar-refractivity contribution is -0.173. The van der Waals surface area contributed by atoms with E-state index in [1.54, 1.807) is 26.8 Å². The zero-order valence-corrected chi connectivity index (χ0v) is 11.7. The highest BCUT2D eigenvalue weighted by Gasteiger charge is 2.44. The van der Waals surface area contributed by atoms with E-state index in [0.717, 1.165) is 0 Å². The number of hydrogen-bond donors (Lipinski definition) is 1. The fourth-order valence-electron chi connectivity index (χ4n) is 1.93. The molecule has 8 heteroatoms. The average molecular weight is 293 g/mol. The van der Waals surface area contributed by atoms with E-state index in [0.29, 0.717) is 0 Å². The Morgan fingerprint density at radius 1 is 1.30 bits per heavy atom. The van der Waals surface area contributed by atoms with Crippen LogP contribution in [-0.4, -0.2) is 41.5 Å². The molecular weight excluding hydrogens is 275 g/mol. The maximum atomic E-state index is 12.4. The number of ether oxygens (including phenoxy) is 1. The van der Waals surface area contributed by atoms with Crippen LogP contribution in [0.5, 0.6) is 0 Å². The van der Waals surface area contributed by atoms with Crippen molar-refractivity contribution in [2.45, 2.75) is 51.1 Å². The molecule has 0 atom stereocenters. The fraction of sp³-hybridized carbons (Fsp3) is 0.833. The first-order chi connectivity index (χ1) is 8.96. The number of alkyl halides is 3. The Labute approximate surface area is 115 Å². The number of carbonyl (C=O) groups is 1. The zero-order valence-electron chi connectivity index (χ0n) is 11.7. The van der Waals surface area contributed by atoms with E-state index < -0.39 is 23.5 Å². The normalized spacial score (nSPS) is 19.4. The molecule has 1 saturated heterocycles. The highest BCUT2D eigenvalue weighted by molar-refractivity contribution is 5.68. The standard InChI is InChI=1S/C12H18F3N3O2/c1-10(2,3)20-9(19)18-6-4-11(8-16,5-7-18)17-12(13,14)15/h17H,4-7H2,1-3H3. The minimum atomic E-state index is -4.62. The minimum Gasteiger partial charge on any atom is -0.444 e. The SMILES string of the molecule is CC(C)(C)OC(=O)N1CCC(C#N)(NC(F)(F)F)CC1. The molecule has 0 spiro atoms. The second kappa shape index (κ2) is 5.48. The van der Waals surface area contributed by atoms with Gasteiger partial charge in [-0.05, 0) is 33.6 Å². The Morgan fingerprint density at radius 3 is 2.15 bits per heavy atom. The van der Waals surface area contributed by atoms with Gasteiger partial charge in [0.15, 0.2) is 0 Å². The smallest absolute Gasteiger partial charge is 0.444 e. The summed E-state index contributed by atoms with van der Waals surface area (Å²) in [5.41, 5.74) is -2.33. The van der Waals surface area contributed by atoms with E-state index in [4.69, 9.17) is 10.00 Å². The molecule has 0 unspecified atom stereocenters. The number of hydrogen-bond acceptors (Lipinski definition) is 4. The van der Waals surface area contributed by atoms with E-state index >= 15 is 0 Å². The van der Waals surface area contributed by atoms with E-state index in [1.807, 2.05) is 0 Å². The summed E-state index contributed by atoms with van der Waals surface area (Å²) in [7, 11) is 0. The third-order valence-electron chi connectivity index (χ3n) is 2.86. The topological polar surface area (TPSA) is 65.4 Å². The molecular formula is C12H18F3N3O2. The van der Waals surface area contributed by atoms with Gasteiger partial charge in [-0.3, -0.25) is 0 Å². The molecule has 0 aromatic carbocycles. The summed E-state index contributed by atoms with van der Waals surface area (Å²) in [6.07, 6.45) is -5.38. The highest BCUT2D eigenvalue weighted by Crippen LogP contribution is 2.27. The third kappa shape index (κ3) is 4.89. The second-order valence-electron chi connectivity index (χ2n) is 5.78. The van der Waals surface area contributed by atoms with Crippen molar-refractivity contribution in [3.8, 4) is 6.07 Å². The van der Waals surface area contributed by atoms with Gasteiger partial charge in [-0.1, -0.05) is 0 Å². The van der Waals surface area contributed by atoms with Gasteiger partial charge in [0.2, 0.25) is 0 Å². The zero-order chi connectivity index (χ0) is 15.6. The van der Waals surface area contributed by atoms with Gasteiger partial charge in [0.1, 0.15) is 11.1 Å². The molecule has 20 heavy (non-hydrogen) atoms. The number of piperidine rings is 1. The first kappa shape index (κ1) is 16.6. The van der Waals surface area contributed by atoms with Crippen LogP contribution in [0.4, 0.5) is 18.0 Å². The van der Waals surface area contributed by atoms with Gasteiger partial charge in [-0.2, -0.15) is 18.4 Å². The van der Waals surface area contributed by atoms with Crippen molar-refractivity contribution in [1.29, 1.82) is 5.26 Å². The maximum Gasteiger partial charge on any atom is 0.458 e. The Balaban J connectivity index is 2.62. The van der Waals surface area contributed by atoms with E-state index in [2.05, 4.69) is 0 Å². The lowest BCUT2D eigenvalue weighted by atomic mass is 9.89. The summed E-state index contributed by atoms with van der Waals surface area (Å²) in [4.78, 5) is 13.1. The molecule has 0 radical (unpaired) electrons. The van der Waals surface area contributed by atoms with Crippen molar-refractivity contribution in [1.82, 2.24) is 10.2 Å². The van der Waals surface area contributed by atoms with Crippen molar-refractivity contribution in [3.05, 3.63) is 0 Å². The number of carbonyl (C=O) groups excluding carboxylic acids is 1. The molecule has 114 valence electrons. The summed E-state index contributed by atoms with van der Waals surface area (Å²) in [5, 5.41) is 10.4. The van der Waals surface area contributed by atoms with Gasteiger partial charge in [-0.15, -0.1) is 0 Å². The van der Waals surface area contributed by atoms with Gasteiger partial charge in [0.05, 0.1) is 6.07 Å². The van der Waals surface area contributed by atoms with Crippen LogP contribution in [0.1, 0.15) is 33.6 Å². The molecule has 0 aromatic heterocycles. The van der Waals surface area contributed by atoms with Crippen molar-refractivity contribution >= 4 is 6.09 Å². The lowest BCUT2D eigenvalue weighted by Gasteiger charge is -2.38. The quantitative estimate of drug-likeness (QED) is 0.754. The van der Waals surface area contributed by atoms with Crippen LogP contribution >= 0.6 is 0 Å². The molecule has 1 fully saturated rings. The van der Waals surface area contributed by atoms with Gasteiger partial charge < -0.3 is 9.64 Å². The van der Waals surface area contributed by atoms with E-state index in [-0.39, 0.29) is 25.9 Å². The first-order valence-corrected chi connectivity index (χ1v) is 6.22. The fourth-order valence-corrected chi connectivity index (χ4v) is 1.93. The lowest BCUT2D eigenvalue weighted by Crippen LogP contribution is -2.58. The van der Waals surface area contributed by atoms with Gasteiger partial charge >= 0.3 is 12.4 Å². The maximum absolute atomic E-state index is 12.4. The van der Waals surface area contributed by atoms with Crippen LogP contribution in [-0.2, 0) is 4.74 Å². The molecule has 1 aliphatic heterocycles. The molecule has 0 aliphatic carbocycles. The number of likely N-dealkylation sites (tertiary alicyclic amines) is 1. The van der Waals surface area contributed by atoms with Crippen molar-refractivity contribution < 1.29 is 22.7 Å². The number of halogens is 3. The molecule has 1 heterocycles. The predicted octanol–water partition coefficient (Wildman–Crippen LogP) is 2.39. The van der Waals surface area contributed by atoms with Crippen LogP contribution in [0.15, 0.2) is 0 Å². The first-order valence-electron chi connectivity index (χ1n) is 6.22. The van der Waals surface area contributed by atoms with Crippen LogP contribution in [0.2, 0.25) is 0 Å². The summed E-state index contributed by atoms with van der Waals surface area (Å²) < 4.78 is 42.3. The van der Waals surface area contributed by atoms with E-state index in [1.165, 1.54) is 10.2 Å². The van der Waals surface area contributed by atoms with Crippen molar-refractivity contribution in [2.75, 3.05) is 13.1 Å². The molecule has 0 aromatic rings. The second-order valence-corrected chi connectivity index (χ2v) is 5.78. The van der Waals surface area contributed by atoms with Gasteiger partial charge in [0.25, 0.3) is 0 Å². The summed E-state index contributed by atoms with van der Waals surface area (Å²) in [6.45, 7) is 5.22. The number of amides is 1.